The van der Waals surface area contributed by atoms with E-state index in [1.807, 2.05) is 0 Å². The number of H-pyrrole nitrogens is 1. The third-order valence-electron chi connectivity index (χ3n) is 3.01. The highest BCUT2D eigenvalue weighted by Gasteiger charge is 2.16. The third-order valence-corrected chi connectivity index (χ3v) is 3.01. The number of nitrogens with two attached hydrogens (primary N) is 1. The molecule has 1 heterocycles. The van der Waals surface area contributed by atoms with E-state index >= 15 is 0 Å². The molecule has 0 saturated carbocycles. The van der Waals surface area contributed by atoms with Gasteiger partial charge < -0.3 is 10.7 Å². The van der Waals surface area contributed by atoms with Crippen molar-refractivity contribution in [2.45, 2.75) is 0 Å². The van der Waals surface area contributed by atoms with Crippen molar-refractivity contribution in [1.82, 2.24) is 9.97 Å². The Morgan fingerprint density at radius 1 is 1.24 bits per heavy atom. The van der Waals surface area contributed by atoms with Crippen LogP contribution in [-0.2, 0) is 0 Å². The van der Waals surface area contributed by atoms with Gasteiger partial charge in [-0.05, 0) is 12.1 Å². The summed E-state index contributed by atoms with van der Waals surface area (Å²) < 4.78 is 26.8. The summed E-state index contributed by atoms with van der Waals surface area (Å²) in [5.74, 6) is -1.44. The molecule has 0 fully saturated rings. The normalized spacial score (nSPS) is 11.0. The summed E-state index contributed by atoms with van der Waals surface area (Å²) in [4.78, 5) is 16.9. The molecule has 3 aromatic rings. The first kappa shape index (κ1) is 13.0. The standard InChI is InChI=1S/C13H8F2N4O2/c14-6-3-9(15)12-11(4-6)17-13(18-12)8-5-7(19(20)21)1-2-10(8)16/h1-5H,16H2,(H,17,18). The van der Waals surface area contributed by atoms with Crippen molar-refractivity contribution in [1.29, 1.82) is 0 Å². The first-order chi connectivity index (χ1) is 9.95. The summed E-state index contributed by atoms with van der Waals surface area (Å²) in [5.41, 5.74) is 6.16. The second-order valence-electron chi connectivity index (χ2n) is 4.40. The van der Waals surface area contributed by atoms with Crippen LogP contribution in [0.25, 0.3) is 22.4 Å². The number of benzene rings is 2. The second kappa shape index (κ2) is 4.51. The largest absolute Gasteiger partial charge is 0.398 e. The first-order valence-electron chi connectivity index (χ1n) is 5.85. The zero-order chi connectivity index (χ0) is 15.1. The van der Waals surface area contributed by atoms with Gasteiger partial charge in [0.1, 0.15) is 17.2 Å². The number of aromatic amines is 1. The summed E-state index contributed by atoms with van der Waals surface area (Å²) >= 11 is 0. The molecular weight excluding hydrogens is 282 g/mol. The Morgan fingerprint density at radius 2 is 2.00 bits per heavy atom. The fourth-order valence-corrected chi connectivity index (χ4v) is 2.03. The smallest absolute Gasteiger partial charge is 0.270 e. The van der Waals surface area contributed by atoms with Crippen LogP contribution in [0.1, 0.15) is 0 Å². The molecule has 0 atom stereocenters. The molecular formula is C13H8F2N4O2. The fraction of sp³-hybridized carbons (Fsp3) is 0. The van der Waals surface area contributed by atoms with Gasteiger partial charge in [-0.2, -0.15) is 0 Å². The highest BCUT2D eigenvalue weighted by molar-refractivity contribution is 5.83. The van der Waals surface area contributed by atoms with Gasteiger partial charge >= 0.3 is 0 Å². The van der Waals surface area contributed by atoms with Crippen LogP contribution in [0.2, 0.25) is 0 Å². The maximum absolute atomic E-state index is 13.6. The lowest BCUT2D eigenvalue weighted by Crippen LogP contribution is -1.94. The van der Waals surface area contributed by atoms with Gasteiger partial charge in [-0.25, -0.2) is 13.8 Å². The van der Waals surface area contributed by atoms with Crippen molar-refractivity contribution in [2.75, 3.05) is 5.73 Å². The number of hydrogen-bond acceptors (Lipinski definition) is 4. The predicted molar refractivity (Wildman–Crippen MR) is 72.5 cm³/mol. The number of non-ortho nitro benzene ring substituents is 1. The lowest BCUT2D eigenvalue weighted by Gasteiger charge is -2.01. The molecule has 0 aliphatic heterocycles. The number of aromatic nitrogens is 2. The predicted octanol–water partition coefficient (Wildman–Crippen LogP) is 3.00. The zero-order valence-corrected chi connectivity index (χ0v) is 10.4. The highest BCUT2D eigenvalue weighted by Crippen LogP contribution is 2.30. The first-order valence-corrected chi connectivity index (χ1v) is 5.85. The summed E-state index contributed by atoms with van der Waals surface area (Å²) in [6, 6.07) is 5.63. The minimum atomic E-state index is -0.823. The molecule has 1 aromatic heterocycles. The quantitative estimate of drug-likeness (QED) is 0.430. The van der Waals surface area contributed by atoms with Gasteiger partial charge in [0.05, 0.1) is 10.4 Å². The molecule has 0 bridgehead atoms. The summed E-state index contributed by atoms with van der Waals surface area (Å²) in [5, 5.41) is 10.8. The Labute approximate surface area is 116 Å². The van der Waals surface area contributed by atoms with Gasteiger partial charge in [0.25, 0.3) is 5.69 Å². The molecule has 0 saturated heterocycles. The molecule has 3 N–H and O–H groups in total. The zero-order valence-electron chi connectivity index (χ0n) is 10.4. The van der Waals surface area contributed by atoms with E-state index in [0.717, 1.165) is 6.07 Å². The molecule has 0 unspecified atom stereocenters. The highest BCUT2D eigenvalue weighted by atomic mass is 19.1. The number of nitrogens with zero attached hydrogens (tertiary/aromatic N) is 2. The number of rotatable bonds is 2. The van der Waals surface area contributed by atoms with Crippen LogP contribution < -0.4 is 5.73 Å². The van der Waals surface area contributed by atoms with Crippen molar-refractivity contribution in [3.05, 3.63) is 52.1 Å². The van der Waals surface area contributed by atoms with Crippen LogP contribution >= 0.6 is 0 Å². The number of halogens is 2. The van der Waals surface area contributed by atoms with Crippen molar-refractivity contribution >= 4 is 22.4 Å². The molecule has 6 nitrogen and oxygen atoms in total. The van der Waals surface area contributed by atoms with E-state index < -0.39 is 16.6 Å². The third kappa shape index (κ3) is 2.16. The molecule has 0 radical (unpaired) electrons. The maximum atomic E-state index is 13.6. The van der Waals surface area contributed by atoms with Gasteiger partial charge in [-0.1, -0.05) is 0 Å². The number of fused-ring (bicyclic) bond motifs is 1. The number of nitrogen functional groups attached to an aromatic ring is 1. The number of anilines is 1. The van der Waals surface area contributed by atoms with E-state index in [1.54, 1.807) is 0 Å². The van der Waals surface area contributed by atoms with E-state index in [4.69, 9.17) is 5.73 Å². The van der Waals surface area contributed by atoms with Gasteiger partial charge in [-0.15, -0.1) is 0 Å². The fourth-order valence-electron chi connectivity index (χ4n) is 2.03. The van der Waals surface area contributed by atoms with E-state index in [-0.39, 0.29) is 33.8 Å². The van der Waals surface area contributed by atoms with Crippen molar-refractivity contribution in [3.63, 3.8) is 0 Å². The van der Waals surface area contributed by atoms with E-state index in [1.165, 1.54) is 18.2 Å². The molecule has 0 aliphatic rings. The Balaban J connectivity index is 2.23. The molecule has 3 rings (SSSR count). The number of nitrogens with one attached hydrogen (secondary N) is 1. The Hall–Kier alpha value is -3.03. The van der Waals surface area contributed by atoms with Crippen LogP contribution in [0.5, 0.6) is 0 Å². The van der Waals surface area contributed by atoms with E-state index in [2.05, 4.69) is 9.97 Å². The summed E-state index contributed by atoms with van der Waals surface area (Å²) in [7, 11) is 0. The van der Waals surface area contributed by atoms with E-state index in [9.17, 15) is 18.9 Å². The van der Waals surface area contributed by atoms with Gasteiger partial charge in [0.15, 0.2) is 5.82 Å². The number of hydrogen-bond donors (Lipinski definition) is 2. The van der Waals surface area contributed by atoms with Crippen molar-refractivity contribution in [2.24, 2.45) is 0 Å². The topological polar surface area (TPSA) is 97.8 Å². The lowest BCUT2D eigenvalue weighted by atomic mass is 10.1. The second-order valence-corrected chi connectivity index (χ2v) is 4.40. The Bertz CT molecular complexity index is 876. The molecule has 8 heteroatoms. The molecule has 106 valence electrons. The van der Waals surface area contributed by atoms with Crippen LogP contribution in [-0.4, -0.2) is 14.9 Å². The average molecular weight is 290 g/mol. The molecule has 2 aromatic carbocycles. The van der Waals surface area contributed by atoms with Gasteiger partial charge in [0, 0.05) is 29.4 Å². The van der Waals surface area contributed by atoms with Crippen molar-refractivity contribution < 1.29 is 13.7 Å². The van der Waals surface area contributed by atoms with Gasteiger partial charge in [-0.3, -0.25) is 10.1 Å². The van der Waals surface area contributed by atoms with Crippen LogP contribution in [0.3, 0.4) is 0 Å². The van der Waals surface area contributed by atoms with Crippen LogP contribution in [0.15, 0.2) is 30.3 Å². The van der Waals surface area contributed by atoms with Crippen LogP contribution in [0.4, 0.5) is 20.2 Å². The molecule has 0 amide bonds. The number of imidazole rings is 1. The Morgan fingerprint density at radius 3 is 2.71 bits per heavy atom. The lowest BCUT2D eigenvalue weighted by molar-refractivity contribution is -0.384. The molecule has 21 heavy (non-hydrogen) atoms. The summed E-state index contributed by atoms with van der Waals surface area (Å²) in [6.45, 7) is 0. The molecule has 0 aliphatic carbocycles. The SMILES string of the molecule is Nc1ccc([N+](=O)[O-])cc1-c1nc2c(F)cc(F)cc2[nH]1. The monoisotopic (exact) mass is 290 g/mol. The van der Waals surface area contributed by atoms with Gasteiger partial charge in [0.2, 0.25) is 0 Å². The van der Waals surface area contributed by atoms with Crippen LogP contribution in [0, 0.1) is 21.7 Å². The number of nitro groups is 1. The van der Waals surface area contributed by atoms with Crippen molar-refractivity contribution in [3.8, 4) is 11.4 Å². The van der Waals surface area contributed by atoms with E-state index in [0.29, 0.717) is 6.07 Å². The Kier molecular flexibility index (Phi) is 2.79. The maximum Gasteiger partial charge on any atom is 0.270 e. The minimum absolute atomic E-state index is 0.0580. The average Bonchev–Trinajstić information content (AvgIpc) is 2.82. The summed E-state index contributed by atoms with van der Waals surface area (Å²) in [6.07, 6.45) is 0. The minimum Gasteiger partial charge on any atom is -0.398 e. The number of nitro benzene ring substituents is 1. The molecule has 0 spiro atoms.